The number of anilines is 1. The Labute approximate surface area is 150 Å². The summed E-state index contributed by atoms with van der Waals surface area (Å²) >= 11 is 0. The van der Waals surface area contributed by atoms with Crippen molar-refractivity contribution in [2.75, 3.05) is 19.4 Å². The fourth-order valence-corrected chi connectivity index (χ4v) is 2.70. The number of hydrogen-bond acceptors (Lipinski definition) is 3. The number of aromatic nitrogens is 4. The molecule has 0 saturated carbocycles. The van der Waals surface area contributed by atoms with Crippen molar-refractivity contribution in [1.82, 2.24) is 24.8 Å². The van der Waals surface area contributed by atoms with E-state index in [2.05, 4.69) is 15.3 Å². The van der Waals surface area contributed by atoms with E-state index in [-0.39, 0.29) is 6.03 Å². The highest BCUT2D eigenvalue weighted by Crippen LogP contribution is 2.30. The molecule has 0 unspecified atom stereocenters. The Hall–Kier alpha value is -3.61. The Kier molecular flexibility index (Phi) is 3.89. The largest absolute Gasteiger partial charge is 0.360 e. The molecular formula is C19H18N6O. The van der Waals surface area contributed by atoms with Crippen LogP contribution in [-0.2, 0) is 0 Å². The first-order chi connectivity index (χ1) is 12.6. The average molecular weight is 346 g/mol. The lowest BCUT2D eigenvalue weighted by molar-refractivity contribution is 0.230. The number of hydrogen-bond donors (Lipinski definition) is 3. The van der Waals surface area contributed by atoms with Crippen LogP contribution in [0, 0.1) is 0 Å². The van der Waals surface area contributed by atoms with Gasteiger partial charge in [-0.3, -0.25) is 0 Å². The van der Waals surface area contributed by atoms with Gasteiger partial charge in [-0.1, -0.05) is 0 Å². The second-order valence-corrected chi connectivity index (χ2v) is 6.12. The molecule has 3 aromatic heterocycles. The molecule has 7 heteroatoms. The van der Waals surface area contributed by atoms with Crippen LogP contribution < -0.4 is 5.32 Å². The van der Waals surface area contributed by atoms with Gasteiger partial charge in [-0.2, -0.15) is 0 Å². The third-order valence-corrected chi connectivity index (χ3v) is 4.03. The molecule has 0 aliphatic carbocycles. The molecule has 0 aliphatic heterocycles. The third kappa shape index (κ3) is 2.90. The van der Waals surface area contributed by atoms with Crippen LogP contribution in [0.5, 0.6) is 0 Å². The van der Waals surface area contributed by atoms with Gasteiger partial charge in [0, 0.05) is 32.2 Å². The molecule has 0 spiro atoms. The van der Waals surface area contributed by atoms with Crippen LogP contribution in [0.25, 0.3) is 33.8 Å². The van der Waals surface area contributed by atoms with E-state index < -0.39 is 0 Å². The average Bonchev–Trinajstić information content (AvgIpc) is 3.34. The number of nitrogens with one attached hydrogen (secondary N) is 3. The molecule has 0 bridgehead atoms. The molecule has 3 heterocycles. The van der Waals surface area contributed by atoms with E-state index >= 15 is 0 Å². The minimum atomic E-state index is -0.190. The fraction of sp³-hybridized carbons (Fsp3) is 0.105. The van der Waals surface area contributed by atoms with Gasteiger partial charge in [-0.25, -0.2) is 14.8 Å². The number of aromatic amines is 2. The molecule has 2 amide bonds. The lowest BCUT2D eigenvalue weighted by Gasteiger charge is -2.13. The van der Waals surface area contributed by atoms with Crippen LogP contribution in [0.2, 0.25) is 0 Å². The molecule has 130 valence electrons. The molecule has 4 rings (SSSR count). The minimum Gasteiger partial charge on any atom is -0.360 e. The van der Waals surface area contributed by atoms with E-state index in [0.29, 0.717) is 11.2 Å². The maximum atomic E-state index is 11.9. The van der Waals surface area contributed by atoms with E-state index in [0.717, 1.165) is 28.3 Å². The molecule has 0 aliphatic rings. The van der Waals surface area contributed by atoms with Crippen LogP contribution >= 0.6 is 0 Å². The van der Waals surface area contributed by atoms with Gasteiger partial charge in [0.15, 0.2) is 0 Å². The minimum absolute atomic E-state index is 0.190. The predicted octanol–water partition coefficient (Wildman–Crippen LogP) is 3.71. The topological polar surface area (TPSA) is 89.7 Å². The van der Waals surface area contributed by atoms with Crippen molar-refractivity contribution >= 4 is 22.8 Å². The zero-order valence-electron chi connectivity index (χ0n) is 14.4. The summed E-state index contributed by atoms with van der Waals surface area (Å²) in [5, 5.41) is 2.84. The number of nitrogens with zero attached hydrogens (tertiary/aromatic N) is 3. The van der Waals surface area contributed by atoms with Crippen molar-refractivity contribution in [3.63, 3.8) is 0 Å². The molecular weight excluding hydrogens is 328 g/mol. The molecule has 1 aromatic carbocycles. The number of amides is 2. The summed E-state index contributed by atoms with van der Waals surface area (Å²) in [4.78, 5) is 29.3. The summed E-state index contributed by atoms with van der Waals surface area (Å²) in [5.74, 6) is 0. The number of carbonyl (C=O) groups is 1. The van der Waals surface area contributed by atoms with E-state index in [1.807, 2.05) is 54.9 Å². The van der Waals surface area contributed by atoms with Gasteiger partial charge in [0.1, 0.15) is 11.4 Å². The Morgan fingerprint density at radius 3 is 2.08 bits per heavy atom. The first-order valence-electron chi connectivity index (χ1n) is 8.19. The van der Waals surface area contributed by atoms with Gasteiger partial charge in [0.2, 0.25) is 0 Å². The second-order valence-electron chi connectivity index (χ2n) is 6.12. The Morgan fingerprint density at radius 1 is 0.923 bits per heavy atom. The molecule has 3 N–H and O–H groups in total. The van der Waals surface area contributed by atoms with Crippen molar-refractivity contribution in [3.8, 4) is 22.8 Å². The summed E-state index contributed by atoms with van der Waals surface area (Å²) in [6, 6.07) is 13.1. The Balaban J connectivity index is 1.85. The highest BCUT2D eigenvalue weighted by molar-refractivity contribution is 5.92. The van der Waals surface area contributed by atoms with Gasteiger partial charge < -0.3 is 20.2 Å². The highest BCUT2D eigenvalue weighted by Gasteiger charge is 2.15. The SMILES string of the molecule is CN(C)C(=O)Nc1ccc2nc(-c3ccc[nH]3)c(-c3ccc[nH]3)nc2c1. The number of carbonyl (C=O) groups excluding carboxylic acids is 1. The first kappa shape index (κ1) is 15.9. The Bertz CT molecular complexity index is 1050. The smallest absolute Gasteiger partial charge is 0.321 e. The van der Waals surface area contributed by atoms with Gasteiger partial charge >= 0.3 is 6.03 Å². The van der Waals surface area contributed by atoms with E-state index in [1.54, 1.807) is 14.1 Å². The third-order valence-electron chi connectivity index (χ3n) is 4.03. The summed E-state index contributed by atoms with van der Waals surface area (Å²) < 4.78 is 0. The number of H-pyrrole nitrogens is 2. The summed E-state index contributed by atoms with van der Waals surface area (Å²) in [7, 11) is 3.39. The Morgan fingerprint density at radius 2 is 1.54 bits per heavy atom. The molecule has 0 atom stereocenters. The van der Waals surface area contributed by atoms with E-state index in [9.17, 15) is 4.79 Å². The number of benzene rings is 1. The molecule has 0 saturated heterocycles. The monoisotopic (exact) mass is 346 g/mol. The molecule has 4 aromatic rings. The lowest BCUT2D eigenvalue weighted by Crippen LogP contribution is -2.27. The summed E-state index contributed by atoms with van der Waals surface area (Å²) in [6.07, 6.45) is 3.72. The van der Waals surface area contributed by atoms with Gasteiger partial charge in [0.25, 0.3) is 0 Å². The van der Waals surface area contributed by atoms with Crippen LogP contribution in [0.15, 0.2) is 54.9 Å². The first-order valence-corrected chi connectivity index (χ1v) is 8.19. The highest BCUT2D eigenvalue weighted by atomic mass is 16.2. The molecule has 0 fully saturated rings. The van der Waals surface area contributed by atoms with E-state index in [4.69, 9.17) is 9.97 Å². The molecule has 7 nitrogen and oxygen atoms in total. The van der Waals surface area contributed by atoms with Crippen molar-refractivity contribution in [2.24, 2.45) is 0 Å². The maximum Gasteiger partial charge on any atom is 0.321 e. The predicted molar refractivity (Wildman–Crippen MR) is 102 cm³/mol. The molecule has 0 radical (unpaired) electrons. The van der Waals surface area contributed by atoms with Crippen LogP contribution in [-0.4, -0.2) is 45.0 Å². The second kappa shape index (κ2) is 6.36. The summed E-state index contributed by atoms with van der Waals surface area (Å²) in [6.45, 7) is 0. The van der Waals surface area contributed by atoms with Crippen molar-refractivity contribution in [2.45, 2.75) is 0 Å². The van der Waals surface area contributed by atoms with Gasteiger partial charge in [-0.05, 0) is 42.5 Å². The van der Waals surface area contributed by atoms with Crippen molar-refractivity contribution in [1.29, 1.82) is 0 Å². The zero-order chi connectivity index (χ0) is 18.1. The normalized spacial score (nSPS) is 10.8. The number of fused-ring (bicyclic) bond motifs is 1. The summed E-state index contributed by atoms with van der Waals surface area (Å²) in [5.41, 5.74) is 5.45. The van der Waals surface area contributed by atoms with Gasteiger partial charge in [0.05, 0.1) is 22.4 Å². The van der Waals surface area contributed by atoms with Crippen LogP contribution in [0.3, 0.4) is 0 Å². The fourth-order valence-electron chi connectivity index (χ4n) is 2.70. The van der Waals surface area contributed by atoms with Crippen LogP contribution in [0.1, 0.15) is 0 Å². The van der Waals surface area contributed by atoms with Gasteiger partial charge in [-0.15, -0.1) is 0 Å². The maximum absolute atomic E-state index is 11.9. The lowest BCUT2D eigenvalue weighted by atomic mass is 10.1. The molecule has 26 heavy (non-hydrogen) atoms. The van der Waals surface area contributed by atoms with Crippen molar-refractivity contribution in [3.05, 3.63) is 54.9 Å². The quantitative estimate of drug-likeness (QED) is 0.528. The van der Waals surface area contributed by atoms with Crippen molar-refractivity contribution < 1.29 is 4.79 Å². The standard InChI is InChI=1S/C19H18N6O/c1-25(2)19(26)22-12-7-8-13-16(11-12)24-18(15-6-4-10-21-15)17(23-13)14-5-3-9-20-14/h3-11,20-21H,1-2H3,(H,22,26). The zero-order valence-corrected chi connectivity index (χ0v) is 14.4. The number of rotatable bonds is 3. The van der Waals surface area contributed by atoms with E-state index in [1.165, 1.54) is 4.90 Å². The van der Waals surface area contributed by atoms with Crippen LogP contribution in [0.4, 0.5) is 10.5 Å². The number of urea groups is 1.